The quantitative estimate of drug-likeness (QED) is 0.817. The monoisotopic (exact) mass is 372 g/mol. The summed E-state index contributed by atoms with van der Waals surface area (Å²) in [5, 5.41) is 2.98. The Morgan fingerprint density at radius 2 is 1.73 bits per heavy atom. The molecule has 1 saturated carbocycles. The Bertz CT molecular complexity index is 917. The molecular weight excluding hydrogens is 348 g/mol. The molecular formula is C20H24N2O3S. The zero-order valence-corrected chi connectivity index (χ0v) is 16.1. The molecule has 2 aromatic rings. The Morgan fingerprint density at radius 3 is 2.35 bits per heavy atom. The van der Waals surface area contributed by atoms with E-state index in [9.17, 15) is 13.2 Å². The summed E-state index contributed by atoms with van der Waals surface area (Å²) < 4.78 is 27.0. The lowest BCUT2D eigenvalue weighted by molar-refractivity contribution is 0.0939. The Kier molecular flexibility index (Phi) is 5.16. The standard InChI is InChI=1S/C20H24N2O3S/c1-13-4-5-14(2)19(12-13)15(3)21-20(23)16-6-10-18(11-7-16)26(24,25)22-17-8-9-17/h4-7,10-12,15,17,22H,8-9H2,1-3H3,(H,21,23)/t15-/m0/s1. The molecule has 1 fully saturated rings. The summed E-state index contributed by atoms with van der Waals surface area (Å²) in [6, 6.07) is 12.1. The van der Waals surface area contributed by atoms with Gasteiger partial charge in [0.15, 0.2) is 0 Å². The van der Waals surface area contributed by atoms with Crippen LogP contribution in [-0.2, 0) is 10.0 Å². The lowest BCUT2D eigenvalue weighted by Gasteiger charge is -2.17. The zero-order valence-electron chi connectivity index (χ0n) is 15.2. The van der Waals surface area contributed by atoms with Crippen molar-refractivity contribution in [2.75, 3.05) is 0 Å². The number of carbonyl (C=O) groups is 1. The van der Waals surface area contributed by atoms with Gasteiger partial charge in [0.2, 0.25) is 10.0 Å². The van der Waals surface area contributed by atoms with Crippen molar-refractivity contribution in [2.45, 2.75) is 50.6 Å². The van der Waals surface area contributed by atoms with E-state index in [2.05, 4.69) is 16.1 Å². The molecule has 0 radical (unpaired) electrons. The van der Waals surface area contributed by atoms with E-state index in [4.69, 9.17) is 0 Å². The fourth-order valence-electron chi connectivity index (χ4n) is 2.86. The molecule has 3 rings (SSSR count). The van der Waals surface area contributed by atoms with Gasteiger partial charge in [-0.15, -0.1) is 0 Å². The van der Waals surface area contributed by atoms with E-state index in [1.807, 2.05) is 32.9 Å². The van der Waals surface area contributed by atoms with Gasteiger partial charge in [-0.25, -0.2) is 13.1 Å². The van der Waals surface area contributed by atoms with Gasteiger partial charge in [-0.05, 0) is 69.0 Å². The highest BCUT2D eigenvalue weighted by Gasteiger charge is 2.28. The highest BCUT2D eigenvalue weighted by atomic mass is 32.2. The van der Waals surface area contributed by atoms with Crippen LogP contribution in [-0.4, -0.2) is 20.4 Å². The minimum atomic E-state index is -3.50. The molecule has 1 amide bonds. The predicted molar refractivity (Wildman–Crippen MR) is 102 cm³/mol. The molecule has 1 atom stereocenters. The van der Waals surface area contributed by atoms with Crippen LogP contribution in [0.15, 0.2) is 47.4 Å². The fourth-order valence-corrected chi connectivity index (χ4v) is 4.16. The van der Waals surface area contributed by atoms with Crippen LogP contribution in [0.1, 0.15) is 52.9 Å². The average molecular weight is 372 g/mol. The van der Waals surface area contributed by atoms with Gasteiger partial charge in [0, 0.05) is 11.6 Å². The van der Waals surface area contributed by atoms with Crippen molar-refractivity contribution in [3.63, 3.8) is 0 Å². The Hall–Kier alpha value is -2.18. The van der Waals surface area contributed by atoms with Gasteiger partial charge in [-0.1, -0.05) is 23.8 Å². The lowest BCUT2D eigenvalue weighted by atomic mass is 10.00. The summed E-state index contributed by atoms with van der Waals surface area (Å²) >= 11 is 0. The molecule has 0 saturated heterocycles. The Morgan fingerprint density at radius 1 is 1.08 bits per heavy atom. The first-order chi connectivity index (χ1) is 12.3. The first-order valence-electron chi connectivity index (χ1n) is 8.76. The van der Waals surface area contributed by atoms with E-state index in [1.165, 1.54) is 12.1 Å². The van der Waals surface area contributed by atoms with Crippen molar-refractivity contribution in [3.05, 3.63) is 64.7 Å². The van der Waals surface area contributed by atoms with Crippen LogP contribution >= 0.6 is 0 Å². The third-order valence-electron chi connectivity index (χ3n) is 4.57. The molecule has 0 aliphatic heterocycles. The molecule has 0 bridgehead atoms. The maximum absolute atomic E-state index is 12.5. The van der Waals surface area contributed by atoms with Gasteiger partial charge in [0.1, 0.15) is 0 Å². The van der Waals surface area contributed by atoms with E-state index in [1.54, 1.807) is 12.1 Å². The van der Waals surface area contributed by atoms with Crippen LogP contribution in [0, 0.1) is 13.8 Å². The second-order valence-electron chi connectivity index (χ2n) is 6.98. The molecule has 26 heavy (non-hydrogen) atoms. The smallest absolute Gasteiger partial charge is 0.251 e. The fraction of sp³-hybridized carbons (Fsp3) is 0.350. The number of benzene rings is 2. The topological polar surface area (TPSA) is 75.3 Å². The number of sulfonamides is 1. The highest BCUT2D eigenvalue weighted by Crippen LogP contribution is 2.23. The molecule has 1 aliphatic carbocycles. The van der Waals surface area contributed by atoms with Crippen LogP contribution in [0.4, 0.5) is 0 Å². The molecule has 6 heteroatoms. The SMILES string of the molecule is Cc1ccc(C)c([C@H](C)NC(=O)c2ccc(S(=O)(=O)NC3CC3)cc2)c1. The normalized spacial score (nSPS) is 15.5. The second kappa shape index (κ2) is 7.21. The molecule has 2 aromatic carbocycles. The van der Waals surface area contributed by atoms with Gasteiger partial charge >= 0.3 is 0 Å². The van der Waals surface area contributed by atoms with Crippen LogP contribution in [0.25, 0.3) is 0 Å². The highest BCUT2D eigenvalue weighted by molar-refractivity contribution is 7.89. The molecule has 5 nitrogen and oxygen atoms in total. The molecule has 2 N–H and O–H groups in total. The molecule has 0 heterocycles. The van der Waals surface area contributed by atoms with Crippen molar-refractivity contribution < 1.29 is 13.2 Å². The van der Waals surface area contributed by atoms with E-state index in [-0.39, 0.29) is 22.9 Å². The Balaban J connectivity index is 1.70. The minimum absolute atomic E-state index is 0.0568. The molecule has 1 aliphatic rings. The summed E-state index contributed by atoms with van der Waals surface area (Å²) in [6.45, 7) is 5.98. The lowest BCUT2D eigenvalue weighted by Crippen LogP contribution is -2.28. The van der Waals surface area contributed by atoms with Crippen molar-refractivity contribution in [1.82, 2.24) is 10.0 Å². The molecule has 0 spiro atoms. The number of amides is 1. The number of hydrogen-bond donors (Lipinski definition) is 2. The summed E-state index contributed by atoms with van der Waals surface area (Å²) in [7, 11) is -3.50. The first kappa shape index (κ1) is 18.6. The van der Waals surface area contributed by atoms with Gasteiger partial charge in [-0.2, -0.15) is 0 Å². The molecule has 0 unspecified atom stereocenters. The van der Waals surface area contributed by atoms with Crippen LogP contribution in [0.3, 0.4) is 0 Å². The van der Waals surface area contributed by atoms with Crippen LogP contribution in [0.5, 0.6) is 0 Å². The van der Waals surface area contributed by atoms with E-state index in [0.29, 0.717) is 5.56 Å². The summed E-state index contributed by atoms with van der Waals surface area (Å²) in [5.41, 5.74) is 3.78. The number of aryl methyl sites for hydroxylation is 2. The van der Waals surface area contributed by atoms with Crippen molar-refractivity contribution in [1.29, 1.82) is 0 Å². The number of hydrogen-bond acceptors (Lipinski definition) is 3. The largest absolute Gasteiger partial charge is 0.346 e. The van der Waals surface area contributed by atoms with Crippen LogP contribution < -0.4 is 10.0 Å². The summed E-state index contributed by atoms with van der Waals surface area (Å²) in [5.74, 6) is -0.225. The maximum Gasteiger partial charge on any atom is 0.251 e. The van der Waals surface area contributed by atoms with E-state index < -0.39 is 10.0 Å². The van der Waals surface area contributed by atoms with E-state index in [0.717, 1.165) is 29.5 Å². The van der Waals surface area contributed by atoms with Gasteiger partial charge < -0.3 is 5.32 Å². The number of nitrogens with one attached hydrogen (secondary N) is 2. The summed E-state index contributed by atoms with van der Waals surface area (Å²) in [4.78, 5) is 12.7. The van der Waals surface area contributed by atoms with Crippen LogP contribution in [0.2, 0.25) is 0 Å². The third-order valence-corrected chi connectivity index (χ3v) is 6.11. The third kappa shape index (κ3) is 4.31. The second-order valence-corrected chi connectivity index (χ2v) is 8.69. The van der Waals surface area contributed by atoms with E-state index >= 15 is 0 Å². The maximum atomic E-state index is 12.5. The Labute approximate surface area is 154 Å². The van der Waals surface area contributed by atoms with Crippen molar-refractivity contribution >= 4 is 15.9 Å². The molecule has 0 aromatic heterocycles. The first-order valence-corrected chi connectivity index (χ1v) is 10.2. The van der Waals surface area contributed by atoms with Gasteiger partial charge in [-0.3, -0.25) is 4.79 Å². The predicted octanol–water partition coefficient (Wildman–Crippen LogP) is 3.24. The zero-order chi connectivity index (χ0) is 18.9. The van der Waals surface area contributed by atoms with Crippen molar-refractivity contribution in [2.24, 2.45) is 0 Å². The van der Waals surface area contributed by atoms with Gasteiger partial charge in [0.05, 0.1) is 10.9 Å². The van der Waals surface area contributed by atoms with Crippen molar-refractivity contribution in [3.8, 4) is 0 Å². The summed E-state index contributed by atoms with van der Waals surface area (Å²) in [6.07, 6.45) is 1.77. The number of carbonyl (C=O) groups excluding carboxylic acids is 1. The average Bonchev–Trinajstić information content (AvgIpc) is 3.40. The minimum Gasteiger partial charge on any atom is -0.346 e. The van der Waals surface area contributed by atoms with Gasteiger partial charge in [0.25, 0.3) is 5.91 Å². The molecule has 138 valence electrons. The number of rotatable bonds is 6.